The highest BCUT2D eigenvalue weighted by Crippen LogP contribution is 2.79. The largest absolute Gasteiger partial charge is 0.0654 e. The predicted octanol–water partition coefficient (Wildman–Crippen LogP) is 4.54. The highest BCUT2D eigenvalue weighted by Gasteiger charge is 2.69. The average molecular weight is 192 g/mol. The van der Waals surface area contributed by atoms with Gasteiger partial charge >= 0.3 is 0 Å². The first-order valence-electron chi connectivity index (χ1n) is 6.80. The fourth-order valence-electron chi connectivity index (χ4n) is 4.76. The standard InChI is InChI=1S/C14H24/c1-2-3-4-7-13-8-5-12-6-9-14(13,10-12)11-13/h12H,2-11H2,1H3. The lowest BCUT2D eigenvalue weighted by molar-refractivity contribution is 0.227. The second-order valence-corrected chi connectivity index (χ2v) is 6.34. The van der Waals surface area contributed by atoms with Gasteiger partial charge < -0.3 is 0 Å². The van der Waals surface area contributed by atoms with Crippen LogP contribution in [0.4, 0.5) is 0 Å². The maximum absolute atomic E-state index is 2.33. The first-order valence-corrected chi connectivity index (χ1v) is 6.80. The summed E-state index contributed by atoms with van der Waals surface area (Å²) in [6.07, 6.45) is 15.6. The molecule has 3 aliphatic carbocycles. The lowest BCUT2D eigenvalue weighted by atomic mass is 9.77. The van der Waals surface area contributed by atoms with Crippen molar-refractivity contribution in [3.05, 3.63) is 0 Å². The molecule has 14 heavy (non-hydrogen) atoms. The molecule has 0 amide bonds. The Balaban J connectivity index is 1.63. The first-order chi connectivity index (χ1) is 6.80. The topological polar surface area (TPSA) is 0 Å². The second-order valence-electron chi connectivity index (χ2n) is 6.34. The van der Waals surface area contributed by atoms with Crippen LogP contribution in [0.2, 0.25) is 0 Å². The molecule has 3 atom stereocenters. The highest BCUT2D eigenvalue weighted by molar-refractivity contribution is 5.19. The number of fused-ring (bicyclic) bond motifs is 1. The van der Waals surface area contributed by atoms with E-state index < -0.39 is 0 Å². The van der Waals surface area contributed by atoms with Crippen molar-refractivity contribution >= 4 is 0 Å². The van der Waals surface area contributed by atoms with E-state index in [2.05, 4.69) is 6.92 Å². The summed E-state index contributed by atoms with van der Waals surface area (Å²) in [4.78, 5) is 0. The van der Waals surface area contributed by atoms with Crippen LogP contribution in [0.15, 0.2) is 0 Å². The van der Waals surface area contributed by atoms with Gasteiger partial charge in [-0.3, -0.25) is 0 Å². The molecule has 0 heterocycles. The van der Waals surface area contributed by atoms with E-state index in [0.717, 1.165) is 16.7 Å². The third kappa shape index (κ3) is 1.12. The van der Waals surface area contributed by atoms with Gasteiger partial charge in [-0.15, -0.1) is 0 Å². The summed E-state index contributed by atoms with van der Waals surface area (Å²) in [6.45, 7) is 2.33. The van der Waals surface area contributed by atoms with Gasteiger partial charge in [0, 0.05) is 0 Å². The van der Waals surface area contributed by atoms with Crippen molar-refractivity contribution in [2.45, 2.75) is 71.1 Å². The minimum absolute atomic E-state index is 0.884. The van der Waals surface area contributed by atoms with E-state index >= 15 is 0 Å². The number of hydrogen-bond acceptors (Lipinski definition) is 0. The molecule has 3 rings (SSSR count). The van der Waals surface area contributed by atoms with Crippen molar-refractivity contribution in [2.24, 2.45) is 16.7 Å². The summed E-state index contributed by atoms with van der Waals surface area (Å²) in [5, 5.41) is 0. The van der Waals surface area contributed by atoms with Gasteiger partial charge in [0.05, 0.1) is 0 Å². The van der Waals surface area contributed by atoms with Crippen LogP contribution in [0.1, 0.15) is 71.1 Å². The van der Waals surface area contributed by atoms with E-state index in [4.69, 9.17) is 0 Å². The molecule has 0 radical (unpaired) electrons. The highest BCUT2D eigenvalue weighted by atomic mass is 14.7. The van der Waals surface area contributed by atoms with E-state index in [-0.39, 0.29) is 0 Å². The SMILES string of the molecule is CCCCCC12CCC3CCC1(C3)C2. The van der Waals surface area contributed by atoms with Crippen LogP contribution in [0.25, 0.3) is 0 Å². The normalized spacial score (nSPS) is 49.1. The molecule has 0 heteroatoms. The van der Waals surface area contributed by atoms with Gasteiger partial charge in [-0.05, 0) is 61.7 Å². The fourth-order valence-corrected chi connectivity index (χ4v) is 4.76. The molecule has 0 aromatic rings. The Labute approximate surface area is 88.5 Å². The number of rotatable bonds is 4. The summed E-state index contributed by atoms with van der Waals surface area (Å²) in [6, 6.07) is 0. The van der Waals surface area contributed by atoms with Crippen LogP contribution in [0.3, 0.4) is 0 Å². The van der Waals surface area contributed by atoms with Crippen LogP contribution in [-0.2, 0) is 0 Å². The Morgan fingerprint density at radius 3 is 2.86 bits per heavy atom. The van der Waals surface area contributed by atoms with Gasteiger partial charge in [0.1, 0.15) is 0 Å². The Kier molecular flexibility index (Phi) is 1.98. The predicted molar refractivity (Wildman–Crippen MR) is 60.2 cm³/mol. The van der Waals surface area contributed by atoms with Gasteiger partial charge in [0.2, 0.25) is 0 Å². The molecule has 1 spiro atoms. The first kappa shape index (κ1) is 9.24. The van der Waals surface area contributed by atoms with Crippen molar-refractivity contribution in [1.82, 2.24) is 0 Å². The lowest BCUT2D eigenvalue weighted by Crippen LogP contribution is -2.17. The Hall–Kier alpha value is 0. The van der Waals surface area contributed by atoms with Crippen LogP contribution in [0, 0.1) is 16.7 Å². The molecule has 0 saturated heterocycles. The van der Waals surface area contributed by atoms with Crippen LogP contribution in [-0.4, -0.2) is 0 Å². The van der Waals surface area contributed by atoms with E-state index in [1.807, 2.05) is 0 Å². The van der Waals surface area contributed by atoms with Crippen molar-refractivity contribution < 1.29 is 0 Å². The third-order valence-electron chi connectivity index (χ3n) is 5.68. The fraction of sp³-hybridized carbons (Fsp3) is 1.00. The Bertz CT molecular complexity index is 228. The molecule has 0 aromatic heterocycles. The quantitative estimate of drug-likeness (QED) is 0.574. The van der Waals surface area contributed by atoms with Crippen molar-refractivity contribution in [3.63, 3.8) is 0 Å². The molecule has 2 bridgehead atoms. The Morgan fingerprint density at radius 1 is 1.14 bits per heavy atom. The zero-order valence-electron chi connectivity index (χ0n) is 9.65. The summed E-state index contributed by atoms with van der Waals surface area (Å²) >= 11 is 0. The monoisotopic (exact) mass is 192 g/mol. The maximum Gasteiger partial charge on any atom is -0.0233 e. The smallest absolute Gasteiger partial charge is 0.0233 e. The maximum atomic E-state index is 2.33. The zero-order chi connectivity index (χ0) is 9.65. The van der Waals surface area contributed by atoms with Gasteiger partial charge in [-0.25, -0.2) is 0 Å². The van der Waals surface area contributed by atoms with Crippen LogP contribution >= 0.6 is 0 Å². The minimum Gasteiger partial charge on any atom is -0.0654 e. The van der Waals surface area contributed by atoms with E-state index in [1.54, 1.807) is 44.9 Å². The lowest BCUT2D eigenvalue weighted by Gasteiger charge is -2.28. The summed E-state index contributed by atoms with van der Waals surface area (Å²) in [5.41, 5.74) is 1.79. The van der Waals surface area contributed by atoms with Gasteiger partial charge in [-0.1, -0.05) is 26.2 Å². The Morgan fingerprint density at radius 2 is 2.00 bits per heavy atom. The van der Waals surface area contributed by atoms with Crippen molar-refractivity contribution in [3.8, 4) is 0 Å². The van der Waals surface area contributed by atoms with Crippen molar-refractivity contribution in [1.29, 1.82) is 0 Å². The molecule has 80 valence electrons. The zero-order valence-corrected chi connectivity index (χ0v) is 9.65. The summed E-state index contributed by atoms with van der Waals surface area (Å²) < 4.78 is 0. The molecular formula is C14H24. The van der Waals surface area contributed by atoms with Crippen molar-refractivity contribution in [2.75, 3.05) is 0 Å². The molecule has 0 nitrogen and oxygen atoms in total. The third-order valence-corrected chi connectivity index (χ3v) is 5.68. The molecule has 3 saturated carbocycles. The molecule has 3 unspecified atom stereocenters. The second kappa shape index (κ2) is 3.00. The number of hydrogen-bond donors (Lipinski definition) is 0. The molecule has 0 aromatic carbocycles. The summed E-state index contributed by atoms with van der Waals surface area (Å²) in [5.74, 6) is 1.15. The molecule has 3 fully saturated rings. The number of unbranched alkanes of at least 4 members (excludes halogenated alkanes) is 2. The van der Waals surface area contributed by atoms with Gasteiger partial charge in [0.15, 0.2) is 0 Å². The molecule has 0 N–H and O–H groups in total. The molecular weight excluding hydrogens is 168 g/mol. The molecule has 0 aliphatic heterocycles. The molecule has 3 aliphatic rings. The van der Waals surface area contributed by atoms with Gasteiger partial charge in [0.25, 0.3) is 0 Å². The van der Waals surface area contributed by atoms with Crippen LogP contribution in [0.5, 0.6) is 0 Å². The van der Waals surface area contributed by atoms with E-state index in [1.165, 1.54) is 19.3 Å². The summed E-state index contributed by atoms with van der Waals surface area (Å²) in [7, 11) is 0. The minimum atomic E-state index is 0.884. The van der Waals surface area contributed by atoms with E-state index in [0.29, 0.717) is 0 Å². The van der Waals surface area contributed by atoms with Gasteiger partial charge in [-0.2, -0.15) is 0 Å². The van der Waals surface area contributed by atoms with Crippen LogP contribution < -0.4 is 0 Å². The average Bonchev–Trinajstić information content (AvgIpc) is 2.68. The van der Waals surface area contributed by atoms with E-state index in [9.17, 15) is 0 Å².